The molecule has 2 aromatic rings. The van der Waals surface area contributed by atoms with E-state index in [1.165, 1.54) is 0 Å². The predicted molar refractivity (Wildman–Crippen MR) is 70.3 cm³/mol. The molecule has 4 heteroatoms. The first-order valence-electron chi connectivity index (χ1n) is 6.23. The van der Waals surface area contributed by atoms with Crippen LogP contribution in [0.15, 0.2) is 31.0 Å². The fourth-order valence-electron chi connectivity index (χ4n) is 1.80. The lowest BCUT2D eigenvalue weighted by Crippen LogP contribution is -2.05. The van der Waals surface area contributed by atoms with Gasteiger partial charge in [-0.15, -0.1) is 0 Å². The van der Waals surface area contributed by atoms with Crippen LogP contribution in [0.3, 0.4) is 0 Å². The molecule has 0 amide bonds. The molecule has 0 saturated heterocycles. The number of rotatable bonds is 4. The highest BCUT2D eigenvalue weighted by molar-refractivity contribution is 5.14. The predicted octanol–water partition coefficient (Wildman–Crippen LogP) is 2.74. The van der Waals surface area contributed by atoms with Crippen molar-refractivity contribution in [3.05, 3.63) is 48.1 Å². The fourth-order valence-corrected chi connectivity index (χ4v) is 1.80. The van der Waals surface area contributed by atoms with Gasteiger partial charge in [0.1, 0.15) is 12.2 Å². The van der Waals surface area contributed by atoms with Crippen LogP contribution in [0.25, 0.3) is 0 Å². The maximum absolute atomic E-state index is 4.59. The summed E-state index contributed by atoms with van der Waals surface area (Å²) in [7, 11) is 0. The maximum Gasteiger partial charge on any atom is 0.131 e. The van der Waals surface area contributed by atoms with Gasteiger partial charge in [-0.1, -0.05) is 20.8 Å². The number of hydrogen-bond donors (Lipinski definition) is 0. The second-order valence-corrected chi connectivity index (χ2v) is 4.84. The lowest BCUT2D eigenvalue weighted by Gasteiger charge is -2.11. The fraction of sp³-hybridized carbons (Fsp3) is 0.429. The quantitative estimate of drug-likeness (QED) is 0.827. The van der Waals surface area contributed by atoms with Gasteiger partial charge >= 0.3 is 0 Å². The van der Waals surface area contributed by atoms with Gasteiger partial charge in [0.15, 0.2) is 0 Å². The number of nitrogens with zero attached hydrogens (tertiary/aromatic N) is 4. The highest BCUT2D eigenvalue weighted by Gasteiger charge is 2.10. The molecular formula is C14H18N4. The van der Waals surface area contributed by atoms with Gasteiger partial charge in [-0.05, 0) is 24.0 Å². The minimum atomic E-state index is 0.361. The second-order valence-electron chi connectivity index (χ2n) is 4.84. The van der Waals surface area contributed by atoms with E-state index in [0.717, 1.165) is 23.5 Å². The molecule has 94 valence electrons. The van der Waals surface area contributed by atoms with Crippen molar-refractivity contribution in [1.82, 2.24) is 19.9 Å². The van der Waals surface area contributed by atoms with Crippen LogP contribution in [0.4, 0.5) is 0 Å². The Kier molecular flexibility index (Phi) is 3.97. The van der Waals surface area contributed by atoms with Crippen LogP contribution in [0.1, 0.15) is 49.7 Å². The molecule has 4 nitrogen and oxygen atoms in total. The normalized spacial score (nSPS) is 12.7. The van der Waals surface area contributed by atoms with E-state index < -0.39 is 0 Å². The third-order valence-corrected chi connectivity index (χ3v) is 2.91. The molecule has 2 aromatic heterocycles. The first-order chi connectivity index (χ1) is 8.66. The lowest BCUT2D eigenvalue weighted by molar-refractivity contribution is 0.701. The molecule has 1 unspecified atom stereocenters. The van der Waals surface area contributed by atoms with Gasteiger partial charge in [0.05, 0.1) is 0 Å². The van der Waals surface area contributed by atoms with Crippen molar-refractivity contribution < 1.29 is 0 Å². The van der Waals surface area contributed by atoms with E-state index in [0.29, 0.717) is 11.8 Å². The molecule has 2 rings (SSSR count). The van der Waals surface area contributed by atoms with E-state index in [1.54, 1.807) is 6.33 Å². The van der Waals surface area contributed by atoms with E-state index in [-0.39, 0.29) is 0 Å². The highest BCUT2D eigenvalue weighted by atomic mass is 14.9. The van der Waals surface area contributed by atoms with Gasteiger partial charge in [0, 0.05) is 30.2 Å². The summed E-state index contributed by atoms with van der Waals surface area (Å²) in [5.74, 6) is 1.63. The van der Waals surface area contributed by atoms with Crippen LogP contribution in [-0.2, 0) is 6.42 Å². The first-order valence-corrected chi connectivity index (χ1v) is 6.23. The molecular weight excluding hydrogens is 224 g/mol. The summed E-state index contributed by atoms with van der Waals surface area (Å²) in [6.07, 6.45) is 8.00. The Morgan fingerprint density at radius 1 is 1.11 bits per heavy atom. The summed E-state index contributed by atoms with van der Waals surface area (Å²) in [6.45, 7) is 6.37. The van der Waals surface area contributed by atoms with Crippen LogP contribution in [-0.4, -0.2) is 19.9 Å². The minimum Gasteiger partial charge on any atom is -0.245 e. The summed E-state index contributed by atoms with van der Waals surface area (Å²) < 4.78 is 0. The lowest BCUT2D eigenvalue weighted by atomic mass is 9.99. The van der Waals surface area contributed by atoms with Gasteiger partial charge in [0.2, 0.25) is 0 Å². The Morgan fingerprint density at radius 3 is 2.50 bits per heavy atom. The molecule has 0 radical (unpaired) electrons. The van der Waals surface area contributed by atoms with Gasteiger partial charge in [0.25, 0.3) is 0 Å². The monoisotopic (exact) mass is 242 g/mol. The minimum absolute atomic E-state index is 0.361. The Labute approximate surface area is 108 Å². The summed E-state index contributed by atoms with van der Waals surface area (Å²) >= 11 is 0. The largest absolute Gasteiger partial charge is 0.245 e. The van der Waals surface area contributed by atoms with Crippen molar-refractivity contribution in [2.24, 2.45) is 0 Å². The summed E-state index contributed by atoms with van der Waals surface area (Å²) in [6, 6.07) is 1.98. The van der Waals surface area contributed by atoms with Crippen molar-refractivity contribution in [2.75, 3.05) is 0 Å². The van der Waals surface area contributed by atoms with Crippen molar-refractivity contribution in [3.8, 4) is 0 Å². The zero-order chi connectivity index (χ0) is 13.0. The average molecular weight is 242 g/mol. The van der Waals surface area contributed by atoms with E-state index >= 15 is 0 Å². The van der Waals surface area contributed by atoms with Crippen molar-refractivity contribution >= 4 is 0 Å². The zero-order valence-electron chi connectivity index (χ0n) is 11.0. The topological polar surface area (TPSA) is 51.6 Å². The molecule has 0 fully saturated rings. The summed E-state index contributed by atoms with van der Waals surface area (Å²) in [5.41, 5.74) is 2.22. The molecule has 2 heterocycles. The third kappa shape index (κ3) is 3.09. The van der Waals surface area contributed by atoms with Crippen LogP contribution in [0.5, 0.6) is 0 Å². The Hall–Kier alpha value is -1.84. The average Bonchev–Trinajstić information content (AvgIpc) is 2.40. The molecule has 0 spiro atoms. The van der Waals surface area contributed by atoms with E-state index in [9.17, 15) is 0 Å². The van der Waals surface area contributed by atoms with Gasteiger partial charge < -0.3 is 0 Å². The molecule has 1 atom stereocenters. The van der Waals surface area contributed by atoms with Crippen molar-refractivity contribution in [2.45, 2.75) is 39.0 Å². The van der Waals surface area contributed by atoms with E-state index in [4.69, 9.17) is 0 Å². The highest BCUT2D eigenvalue weighted by Crippen LogP contribution is 2.18. The molecule has 0 aliphatic carbocycles. The summed E-state index contributed by atoms with van der Waals surface area (Å²) in [4.78, 5) is 17.0. The molecule has 0 aromatic carbocycles. The smallest absolute Gasteiger partial charge is 0.131 e. The van der Waals surface area contributed by atoms with Crippen LogP contribution in [0, 0.1) is 0 Å². The number of aromatic nitrogens is 4. The molecule has 0 bridgehead atoms. The zero-order valence-corrected chi connectivity index (χ0v) is 11.0. The van der Waals surface area contributed by atoms with E-state index in [2.05, 4.69) is 40.7 Å². The van der Waals surface area contributed by atoms with Gasteiger partial charge in [-0.2, -0.15) is 0 Å². The number of hydrogen-bond acceptors (Lipinski definition) is 4. The first kappa shape index (κ1) is 12.6. The van der Waals surface area contributed by atoms with Crippen LogP contribution >= 0.6 is 0 Å². The Balaban J connectivity index is 2.12. The van der Waals surface area contributed by atoms with Crippen LogP contribution < -0.4 is 0 Å². The molecule has 0 saturated carbocycles. The molecule has 18 heavy (non-hydrogen) atoms. The van der Waals surface area contributed by atoms with Gasteiger partial charge in [-0.25, -0.2) is 19.9 Å². The van der Waals surface area contributed by atoms with Crippen molar-refractivity contribution in [3.63, 3.8) is 0 Å². The Bertz CT molecular complexity index is 496. The molecule has 0 aliphatic rings. The third-order valence-electron chi connectivity index (χ3n) is 2.91. The standard InChI is InChI=1S/C14H18N4/c1-10(2)14-17-5-4-13(18-14)6-11(3)12-7-15-9-16-8-12/h4-5,7-11H,6H2,1-3H3. The Morgan fingerprint density at radius 2 is 1.83 bits per heavy atom. The van der Waals surface area contributed by atoms with Gasteiger partial charge in [-0.3, -0.25) is 0 Å². The molecule has 0 N–H and O–H groups in total. The SMILES string of the molecule is CC(C)c1nccc(CC(C)c2cncnc2)n1. The van der Waals surface area contributed by atoms with Crippen molar-refractivity contribution in [1.29, 1.82) is 0 Å². The molecule has 0 aliphatic heterocycles. The maximum atomic E-state index is 4.59. The van der Waals surface area contributed by atoms with Crippen LogP contribution in [0.2, 0.25) is 0 Å². The summed E-state index contributed by atoms with van der Waals surface area (Å²) in [5, 5.41) is 0. The van der Waals surface area contributed by atoms with E-state index in [1.807, 2.05) is 24.7 Å². The second kappa shape index (κ2) is 5.67.